The van der Waals surface area contributed by atoms with E-state index in [0.717, 1.165) is 42.9 Å². The lowest BCUT2D eigenvalue weighted by atomic mass is 9.73. The van der Waals surface area contributed by atoms with Crippen LogP contribution in [0.15, 0.2) is 12.1 Å². The second-order valence-electron chi connectivity index (χ2n) is 9.27. The van der Waals surface area contributed by atoms with E-state index in [1.807, 2.05) is 26.8 Å². The molecule has 35 heavy (non-hydrogen) atoms. The predicted molar refractivity (Wildman–Crippen MR) is 131 cm³/mol. The fraction of sp³-hybridized carbons (Fsp3) is 0.640. The summed E-state index contributed by atoms with van der Waals surface area (Å²) >= 11 is 0. The van der Waals surface area contributed by atoms with Gasteiger partial charge in [-0.15, -0.1) is 0 Å². The zero-order valence-corrected chi connectivity index (χ0v) is 20.9. The van der Waals surface area contributed by atoms with Gasteiger partial charge in [0.15, 0.2) is 0 Å². The molecule has 192 valence electrons. The standard InChI is InChI=1S/C25H36N4O6/c1-4-34-20-15-19(28-10-12-33-13-11-28)21(35-5-2)14-18(20)26-22(30)16-29-23(31)25(27-24(29)32)9-7-6-8-17(25)3/h14-15,17H,4-13,16H2,1-3H3,(H,26,30)(H,27,32)/t17-,25+/m1/s1. The van der Waals surface area contributed by atoms with E-state index in [1.54, 1.807) is 6.07 Å². The second kappa shape index (κ2) is 10.7. The normalized spacial score (nSPS) is 24.5. The smallest absolute Gasteiger partial charge is 0.325 e. The van der Waals surface area contributed by atoms with Gasteiger partial charge in [0.05, 0.1) is 37.8 Å². The van der Waals surface area contributed by atoms with Gasteiger partial charge < -0.3 is 29.7 Å². The molecule has 1 aliphatic carbocycles. The van der Waals surface area contributed by atoms with E-state index in [9.17, 15) is 14.4 Å². The van der Waals surface area contributed by atoms with Crippen molar-refractivity contribution >= 4 is 29.2 Å². The summed E-state index contributed by atoms with van der Waals surface area (Å²) in [5, 5.41) is 5.72. The van der Waals surface area contributed by atoms with Crippen LogP contribution in [0.3, 0.4) is 0 Å². The lowest BCUT2D eigenvalue weighted by Gasteiger charge is -2.36. The van der Waals surface area contributed by atoms with Crippen LogP contribution >= 0.6 is 0 Å². The molecule has 3 fully saturated rings. The molecule has 1 saturated carbocycles. The third-order valence-electron chi connectivity index (χ3n) is 7.09. The first kappa shape index (κ1) is 25.1. The van der Waals surface area contributed by atoms with Crippen LogP contribution in [0, 0.1) is 5.92 Å². The topological polar surface area (TPSA) is 109 Å². The number of nitrogens with one attached hydrogen (secondary N) is 2. The van der Waals surface area contributed by atoms with Crippen LogP contribution < -0.4 is 25.0 Å². The van der Waals surface area contributed by atoms with Gasteiger partial charge in [0.1, 0.15) is 23.6 Å². The van der Waals surface area contributed by atoms with Crippen LogP contribution in [0.1, 0.15) is 46.5 Å². The highest BCUT2D eigenvalue weighted by Crippen LogP contribution is 2.40. The largest absolute Gasteiger partial charge is 0.492 e. The summed E-state index contributed by atoms with van der Waals surface area (Å²) in [5.74, 6) is 0.370. The van der Waals surface area contributed by atoms with Crippen molar-refractivity contribution in [3.8, 4) is 11.5 Å². The molecular formula is C25H36N4O6. The van der Waals surface area contributed by atoms with E-state index in [4.69, 9.17) is 14.2 Å². The first-order valence-corrected chi connectivity index (χ1v) is 12.6. The van der Waals surface area contributed by atoms with Crippen molar-refractivity contribution in [1.29, 1.82) is 0 Å². The average Bonchev–Trinajstić information content (AvgIpc) is 3.08. The SMILES string of the molecule is CCOc1cc(N2CCOCC2)c(OCC)cc1NC(=O)CN1C(=O)N[C@]2(CCCC[C@H]2C)C1=O. The zero-order chi connectivity index (χ0) is 25.0. The fourth-order valence-electron chi connectivity index (χ4n) is 5.22. The van der Waals surface area contributed by atoms with Gasteiger partial charge in [0.25, 0.3) is 5.91 Å². The van der Waals surface area contributed by atoms with Gasteiger partial charge in [-0.2, -0.15) is 0 Å². The van der Waals surface area contributed by atoms with Gasteiger partial charge in [0.2, 0.25) is 5.91 Å². The highest BCUT2D eigenvalue weighted by atomic mass is 16.5. The number of urea groups is 1. The molecule has 0 aromatic heterocycles. The summed E-state index contributed by atoms with van der Waals surface area (Å²) in [6.45, 7) is 8.97. The highest BCUT2D eigenvalue weighted by Gasteiger charge is 2.55. The van der Waals surface area contributed by atoms with Crippen molar-refractivity contribution in [1.82, 2.24) is 10.2 Å². The van der Waals surface area contributed by atoms with Gasteiger partial charge in [-0.25, -0.2) is 4.79 Å². The molecule has 1 aromatic carbocycles. The minimum atomic E-state index is -0.895. The Morgan fingerprint density at radius 3 is 2.54 bits per heavy atom. The summed E-state index contributed by atoms with van der Waals surface area (Å²) in [4.78, 5) is 42.1. The van der Waals surface area contributed by atoms with Gasteiger partial charge in [-0.05, 0) is 32.6 Å². The lowest BCUT2D eigenvalue weighted by molar-refractivity contribution is -0.136. The summed E-state index contributed by atoms with van der Waals surface area (Å²) in [5.41, 5.74) is 0.414. The Bertz CT molecular complexity index is 964. The molecule has 3 aliphatic rings. The summed E-state index contributed by atoms with van der Waals surface area (Å²) in [6.07, 6.45) is 3.39. The van der Waals surface area contributed by atoms with Crippen LogP contribution in [0.4, 0.5) is 16.2 Å². The van der Waals surface area contributed by atoms with Crippen molar-refractivity contribution in [2.45, 2.75) is 52.0 Å². The Morgan fingerprint density at radius 1 is 1.14 bits per heavy atom. The number of anilines is 2. The number of nitrogens with zero attached hydrogens (tertiary/aromatic N) is 2. The van der Waals surface area contributed by atoms with Crippen LogP contribution in [0.5, 0.6) is 11.5 Å². The molecule has 0 radical (unpaired) electrons. The number of benzene rings is 1. The molecule has 2 atom stereocenters. The Balaban J connectivity index is 1.53. The Labute approximate surface area is 206 Å². The third kappa shape index (κ3) is 5.03. The number of carbonyl (C=O) groups excluding carboxylic acids is 3. The third-order valence-corrected chi connectivity index (χ3v) is 7.09. The van der Waals surface area contributed by atoms with Gasteiger partial charge in [-0.3, -0.25) is 14.5 Å². The molecule has 2 heterocycles. The number of carbonyl (C=O) groups is 3. The van der Waals surface area contributed by atoms with Gasteiger partial charge in [-0.1, -0.05) is 19.8 Å². The van der Waals surface area contributed by atoms with Crippen LogP contribution in [0.2, 0.25) is 0 Å². The molecule has 0 unspecified atom stereocenters. The van der Waals surface area contributed by atoms with Crippen molar-refractivity contribution in [2.75, 3.05) is 56.3 Å². The molecule has 2 aliphatic heterocycles. The van der Waals surface area contributed by atoms with Crippen molar-refractivity contribution in [3.05, 3.63) is 12.1 Å². The number of amides is 4. The van der Waals surface area contributed by atoms with Crippen molar-refractivity contribution in [3.63, 3.8) is 0 Å². The van der Waals surface area contributed by atoms with Crippen LogP contribution in [-0.4, -0.2) is 74.3 Å². The van der Waals surface area contributed by atoms with E-state index < -0.39 is 17.5 Å². The van der Waals surface area contributed by atoms with Crippen molar-refractivity contribution < 1.29 is 28.6 Å². The molecule has 10 nitrogen and oxygen atoms in total. The predicted octanol–water partition coefficient (Wildman–Crippen LogP) is 2.76. The maximum absolute atomic E-state index is 13.2. The van der Waals surface area contributed by atoms with E-state index in [1.165, 1.54) is 0 Å². The van der Waals surface area contributed by atoms with Crippen LogP contribution in [-0.2, 0) is 14.3 Å². The minimum Gasteiger partial charge on any atom is -0.492 e. The first-order valence-electron chi connectivity index (χ1n) is 12.6. The number of ether oxygens (including phenoxy) is 3. The molecule has 4 amide bonds. The van der Waals surface area contributed by atoms with Crippen LogP contribution in [0.25, 0.3) is 0 Å². The summed E-state index contributed by atoms with van der Waals surface area (Å²) in [7, 11) is 0. The Hall–Kier alpha value is -3.01. The summed E-state index contributed by atoms with van der Waals surface area (Å²) in [6, 6.07) is 3.09. The van der Waals surface area contributed by atoms with E-state index in [-0.39, 0.29) is 18.4 Å². The molecule has 0 bridgehead atoms. The second-order valence-corrected chi connectivity index (χ2v) is 9.27. The zero-order valence-electron chi connectivity index (χ0n) is 20.9. The number of imide groups is 1. The molecule has 4 rings (SSSR count). The summed E-state index contributed by atoms with van der Waals surface area (Å²) < 4.78 is 17.2. The molecule has 2 N–H and O–H groups in total. The average molecular weight is 489 g/mol. The number of hydrogen-bond acceptors (Lipinski definition) is 7. The van der Waals surface area contributed by atoms with Gasteiger partial charge in [0, 0.05) is 25.2 Å². The van der Waals surface area contributed by atoms with Crippen molar-refractivity contribution in [2.24, 2.45) is 5.92 Å². The van der Waals surface area contributed by atoms with Gasteiger partial charge >= 0.3 is 6.03 Å². The minimum absolute atomic E-state index is 0.0341. The number of morpholine rings is 1. The Morgan fingerprint density at radius 2 is 1.86 bits per heavy atom. The molecule has 1 aromatic rings. The number of rotatable bonds is 8. The highest BCUT2D eigenvalue weighted by molar-refractivity contribution is 6.10. The maximum atomic E-state index is 13.2. The lowest BCUT2D eigenvalue weighted by Crippen LogP contribution is -2.54. The molecule has 2 saturated heterocycles. The quantitative estimate of drug-likeness (QED) is 0.542. The molecule has 10 heteroatoms. The first-order chi connectivity index (χ1) is 16.9. The molecule has 1 spiro atoms. The monoisotopic (exact) mass is 488 g/mol. The molecular weight excluding hydrogens is 452 g/mol. The van der Waals surface area contributed by atoms with E-state index in [0.29, 0.717) is 50.0 Å². The fourth-order valence-corrected chi connectivity index (χ4v) is 5.22. The van der Waals surface area contributed by atoms with E-state index in [2.05, 4.69) is 15.5 Å². The number of hydrogen-bond donors (Lipinski definition) is 2. The maximum Gasteiger partial charge on any atom is 0.325 e. The Kier molecular flexibility index (Phi) is 7.69. The van der Waals surface area contributed by atoms with E-state index >= 15 is 0 Å².